The van der Waals surface area contributed by atoms with Gasteiger partial charge in [0.15, 0.2) is 0 Å². The average molecular weight is 371 g/mol. The smallest absolute Gasteiger partial charge is 0.251 e. The number of H-pyrrole nitrogens is 1. The molecule has 0 radical (unpaired) electrons. The molecule has 3 rings (SSSR count). The van der Waals surface area contributed by atoms with Crippen molar-refractivity contribution in [2.75, 3.05) is 13.7 Å². The monoisotopic (exact) mass is 370 g/mol. The number of methoxy groups -OCH3 is 1. The van der Waals surface area contributed by atoms with Crippen LogP contribution in [0.2, 0.25) is 5.02 Å². The molecule has 0 aliphatic heterocycles. The summed E-state index contributed by atoms with van der Waals surface area (Å²) in [6.45, 7) is 0.394. The van der Waals surface area contributed by atoms with Crippen LogP contribution in [0.4, 0.5) is 0 Å². The third-order valence-electron chi connectivity index (χ3n) is 4.12. The topological polar surface area (TPSA) is 71.2 Å². The summed E-state index contributed by atoms with van der Waals surface area (Å²) in [7, 11) is 1.60. The Morgan fingerprint density at radius 3 is 2.65 bits per heavy atom. The second-order valence-corrected chi connectivity index (χ2v) is 6.42. The summed E-state index contributed by atoms with van der Waals surface area (Å²) >= 11 is 5.83. The minimum atomic E-state index is -0.144. The molecule has 1 amide bonds. The summed E-state index contributed by atoms with van der Waals surface area (Å²) in [5.74, 6) is 0.637. The maximum absolute atomic E-state index is 12.2. The second-order valence-electron chi connectivity index (χ2n) is 5.98. The predicted molar refractivity (Wildman–Crippen MR) is 103 cm³/mol. The molecule has 0 saturated carbocycles. The number of hydrogen-bond donors (Lipinski definition) is 2. The van der Waals surface area contributed by atoms with Crippen molar-refractivity contribution in [1.82, 2.24) is 10.3 Å². The SMILES string of the molecule is COc1ccc2[nH]c(=O)c(CCNC(=O)Cc3ccc(Cl)cc3)cc2c1. The first kappa shape index (κ1) is 18.0. The van der Waals surface area contributed by atoms with Gasteiger partial charge in [-0.15, -0.1) is 0 Å². The van der Waals surface area contributed by atoms with Crippen LogP contribution < -0.4 is 15.6 Å². The molecule has 0 spiro atoms. The highest BCUT2D eigenvalue weighted by Crippen LogP contribution is 2.18. The number of aromatic amines is 1. The van der Waals surface area contributed by atoms with E-state index in [9.17, 15) is 9.59 Å². The average Bonchev–Trinajstić information content (AvgIpc) is 2.63. The normalized spacial score (nSPS) is 10.7. The van der Waals surface area contributed by atoms with E-state index in [1.54, 1.807) is 25.3 Å². The molecular formula is C20H19ClN2O3. The van der Waals surface area contributed by atoms with Crippen molar-refractivity contribution >= 4 is 28.4 Å². The number of ether oxygens (including phenoxy) is 1. The molecule has 0 bridgehead atoms. The minimum absolute atomic E-state index is 0.0915. The third-order valence-corrected chi connectivity index (χ3v) is 4.37. The first-order chi connectivity index (χ1) is 12.5. The second kappa shape index (κ2) is 8.06. The Kier molecular flexibility index (Phi) is 5.58. The fraction of sp³-hybridized carbons (Fsp3) is 0.200. The molecule has 134 valence electrons. The highest BCUT2D eigenvalue weighted by Gasteiger charge is 2.07. The van der Waals surface area contributed by atoms with E-state index in [-0.39, 0.29) is 17.9 Å². The van der Waals surface area contributed by atoms with Gasteiger partial charge in [-0.1, -0.05) is 23.7 Å². The lowest BCUT2D eigenvalue weighted by molar-refractivity contribution is -0.120. The van der Waals surface area contributed by atoms with Crippen molar-refractivity contribution in [3.63, 3.8) is 0 Å². The van der Waals surface area contributed by atoms with Gasteiger partial charge in [0.2, 0.25) is 5.91 Å². The lowest BCUT2D eigenvalue weighted by Crippen LogP contribution is -2.28. The highest BCUT2D eigenvalue weighted by molar-refractivity contribution is 6.30. The Hall–Kier alpha value is -2.79. The van der Waals surface area contributed by atoms with Crippen molar-refractivity contribution < 1.29 is 9.53 Å². The molecule has 0 fully saturated rings. The zero-order valence-electron chi connectivity index (χ0n) is 14.3. The van der Waals surface area contributed by atoms with Gasteiger partial charge in [-0.25, -0.2) is 0 Å². The molecular weight excluding hydrogens is 352 g/mol. The molecule has 6 heteroatoms. The molecule has 1 heterocycles. The van der Waals surface area contributed by atoms with Crippen molar-refractivity contribution in [3.8, 4) is 5.75 Å². The number of hydrogen-bond acceptors (Lipinski definition) is 3. The molecule has 0 unspecified atom stereocenters. The van der Waals surface area contributed by atoms with Crippen molar-refractivity contribution in [3.05, 3.63) is 75.0 Å². The van der Waals surface area contributed by atoms with Crippen LogP contribution in [0.3, 0.4) is 0 Å². The molecule has 2 N–H and O–H groups in total. The quantitative estimate of drug-likeness (QED) is 0.700. The highest BCUT2D eigenvalue weighted by atomic mass is 35.5. The molecule has 0 atom stereocenters. The van der Waals surface area contributed by atoms with E-state index in [0.717, 1.165) is 22.2 Å². The molecule has 0 saturated heterocycles. The Bertz CT molecular complexity index is 981. The van der Waals surface area contributed by atoms with E-state index < -0.39 is 0 Å². The van der Waals surface area contributed by atoms with Crippen LogP contribution in [0, 0.1) is 0 Å². The van der Waals surface area contributed by atoms with Crippen LogP contribution >= 0.6 is 11.6 Å². The van der Waals surface area contributed by atoms with Gasteiger partial charge in [-0.2, -0.15) is 0 Å². The molecule has 26 heavy (non-hydrogen) atoms. The third kappa shape index (κ3) is 4.43. The number of carbonyl (C=O) groups is 1. The largest absolute Gasteiger partial charge is 0.497 e. The van der Waals surface area contributed by atoms with Gasteiger partial charge in [0, 0.05) is 28.0 Å². The summed E-state index contributed by atoms with van der Waals surface area (Å²) in [4.78, 5) is 27.1. The molecule has 0 aliphatic carbocycles. The van der Waals surface area contributed by atoms with E-state index in [2.05, 4.69) is 10.3 Å². The lowest BCUT2D eigenvalue weighted by Gasteiger charge is -2.07. The lowest BCUT2D eigenvalue weighted by atomic mass is 10.1. The standard InChI is InChI=1S/C20H19ClN2O3/c1-26-17-6-7-18-15(12-17)11-14(20(25)23-18)8-9-22-19(24)10-13-2-4-16(21)5-3-13/h2-7,11-12H,8-10H2,1H3,(H,22,24)(H,23,25). The van der Waals surface area contributed by atoms with Gasteiger partial charge in [0.25, 0.3) is 5.56 Å². The summed E-state index contributed by atoms with van der Waals surface area (Å²) in [6.07, 6.45) is 0.733. The zero-order chi connectivity index (χ0) is 18.5. The first-order valence-corrected chi connectivity index (χ1v) is 8.64. The fourth-order valence-electron chi connectivity index (χ4n) is 2.73. The van der Waals surface area contributed by atoms with Crippen LogP contribution in [0.5, 0.6) is 5.75 Å². The summed E-state index contributed by atoms with van der Waals surface area (Å²) in [6, 6.07) is 14.5. The van der Waals surface area contributed by atoms with E-state index in [4.69, 9.17) is 16.3 Å². The van der Waals surface area contributed by atoms with Crippen LogP contribution in [0.15, 0.2) is 53.3 Å². The number of halogens is 1. The van der Waals surface area contributed by atoms with Crippen LogP contribution in [0.25, 0.3) is 10.9 Å². The van der Waals surface area contributed by atoms with Crippen LogP contribution in [-0.4, -0.2) is 24.5 Å². The fourth-order valence-corrected chi connectivity index (χ4v) is 2.86. The first-order valence-electron chi connectivity index (χ1n) is 8.26. The number of nitrogens with one attached hydrogen (secondary N) is 2. The molecule has 5 nitrogen and oxygen atoms in total. The number of rotatable bonds is 6. The van der Waals surface area contributed by atoms with E-state index in [1.807, 2.05) is 30.3 Å². The van der Waals surface area contributed by atoms with Gasteiger partial charge in [0.1, 0.15) is 5.75 Å². The van der Waals surface area contributed by atoms with Gasteiger partial charge in [-0.05, 0) is 48.4 Å². The molecule has 0 aliphatic rings. The van der Waals surface area contributed by atoms with E-state index >= 15 is 0 Å². The zero-order valence-corrected chi connectivity index (χ0v) is 15.1. The molecule has 2 aromatic carbocycles. The van der Waals surface area contributed by atoms with Crippen LogP contribution in [-0.2, 0) is 17.6 Å². The van der Waals surface area contributed by atoms with Gasteiger partial charge in [-0.3, -0.25) is 9.59 Å². The van der Waals surface area contributed by atoms with Gasteiger partial charge < -0.3 is 15.0 Å². The summed E-state index contributed by atoms with van der Waals surface area (Å²) in [5.41, 5.74) is 2.13. The predicted octanol–water partition coefficient (Wildman–Crippen LogP) is 3.09. The summed E-state index contributed by atoms with van der Waals surface area (Å²) in [5, 5.41) is 4.38. The maximum atomic E-state index is 12.2. The number of aromatic nitrogens is 1. The summed E-state index contributed by atoms with van der Waals surface area (Å²) < 4.78 is 5.21. The Morgan fingerprint density at radius 2 is 1.92 bits per heavy atom. The molecule has 1 aromatic heterocycles. The number of fused-ring (bicyclic) bond motifs is 1. The van der Waals surface area contributed by atoms with Crippen molar-refractivity contribution in [2.45, 2.75) is 12.8 Å². The van der Waals surface area contributed by atoms with E-state index in [0.29, 0.717) is 23.6 Å². The Labute approximate surface area is 156 Å². The van der Waals surface area contributed by atoms with Gasteiger partial charge in [0.05, 0.1) is 13.5 Å². The Balaban J connectivity index is 1.61. The van der Waals surface area contributed by atoms with Gasteiger partial charge >= 0.3 is 0 Å². The number of benzene rings is 2. The number of pyridine rings is 1. The Morgan fingerprint density at radius 1 is 1.15 bits per heavy atom. The maximum Gasteiger partial charge on any atom is 0.251 e. The van der Waals surface area contributed by atoms with Crippen molar-refractivity contribution in [1.29, 1.82) is 0 Å². The van der Waals surface area contributed by atoms with Crippen molar-refractivity contribution in [2.24, 2.45) is 0 Å². The van der Waals surface area contributed by atoms with E-state index in [1.165, 1.54) is 0 Å². The molecule has 3 aromatic rings. The minimum Gasteiger partial charge on any atom is -0.497 e. The van der Waals surface area contributed by atoms with Crippen LogP contribution in [0.1, 0.15) is 11.1 Å². The number of carbonyl (C=O) groups excluding carboxylic acids is 1. The number of amides is 1.